The molecule has 176 valence electrons. The van der Waals surface area contributed by atoms with E-state index >= 15 is 0 Å². The Morgan fingerprint density at radius 3 is 2.56 bits per heavy atom. The molecule has 2 aromatic carbocycles. The normalized spacial score (nSPS) is 10.8. The first-order valence-corrected chi connectivity index (χ1v) is 9.86. The Labute approximate surface area is 196 Å². The van der Waals surface area contributed by atoms with Crippen LogP contribution in [-0.4, -0.2) is 45.5 Å². The molecule has 0 atom stereocenters. The molecule has 1 heterocycles. The second-order valence-electron chi connectivity index (χ2n) is 6.63. The molecule has 0 saturated carbocycles. The van der Waals surface area contributed by atoms with Gasteiger partial charge in [-0.2, -0.15) is 10.2 Å². The molecule has 0 bridgehead atoms. The number of hydrazone groups is 1. The van der Waals surface area contributed by atoms with Crippen LogP contribution < -0.4 is 14.9 Å². The summed E-state index contributed by atoms with van der Waals surface area (Å²) >= 11 is 6.38. The molecule has 13 nitrogen and oxygen atoms in total. The van der Waals surface area contributed by atoms with Crippen molar-refractivity contribution >= 4 is 35.1 Å². The highest BCUT2D eigenvalue weighted by Gasteiger charge is 2.27. The molecule has 0 radical (unpaired) electrons. The van der Waals surface area contributed by atoms with Gasteiger partial charge in [-0.05, 0) is 19.1 Å². The van der Waals surface area contributed by atoms with E-state index in [0.29, 0.717) is 17.3 Å². The smallest absolute Gasteiger partial charge is 0.321 e. The number of nitro benzene ring substituents is 2. The van der Waals surface area contributed by atoms with Crippen molar-refractivity contribution in [2.45, 2.75) is 6.92 Å². The van der Waals surface area contributed by atoms with Gasteiger partial charge in [0.2, 0.25) is 5.75 Å². The molecule has 3 aromatic rings. The van der Waals surface area contributed by atoms with Gasteiger partial charge in [-0.15, -0.1) is 0 Å². The standard InChI is InChI=1S/C20H17ClN6O7/c1-12-15(20(21)25(24-12)13-6-4-3-5-7-13)10-22-23-18(28)11-34-19-16(27(31)32)8-14(26(29)30)9-17(19)33-2/h3-10H,11H2,1-2H3,(H,23,28)/b22-10+. The highest BCUT2D eigenvalue weighted by Crippen LogP contribution is 2.40. The largest absolute Gasteiger partial charge is 0.492 e. The van der Waals surface area contributed by atoms with Crippen molar-refractivity contribution in [2.24, 2.45) is 5.10 Å². The lowest BCUT2D eigenvalue weighted by Gasteiger charge is -2.10. The molecule has 0 spiro atoms. The van der Waals surface area contributed by atoms with Crippen LogP contribution in [0.4, 0.5) is 11.4 Å². The number of amides is 1. The summed E-state index contributed by atoms with van der Waals surface area (Å²) in [7, 11) is 1.15. The van der Waals surface area contributed by atoms with Gasteiger partial charge < -0.3 is 9.47 Å². The van der Waals surface area contributed by atoms with Crippen molar-refractivity contribution in [1.29, 1.82) is 0 Å². The van der Waals surface area contributed by atoms with Crippen molar-refractivity contribution in [3.8, 4) is 17.2 Å². The summed E-state index contributed by atoms with van der Waals surface area (Å²) < 4.78 is 11.7. The lowest BCUT2D eigenvalue weighted by molar-refractivity contribution is -0.394. The first kappa shape index (κ1) is 24.1. The minimum atomic E-state index is -0.879. The quantitative estimate of drug-likeness (QED) is 0.272. The van der Waals surface area contributed by atoms with Gasteiger partial charge in [-0.1, -0.05) is 29.8 Å². The maximum absolute atomic E-state index is 12.1. The number of hydrogen-bond donors (Lipinski definition) is 1. The zero-order valence-corrected chi connectivity index (χ0v) is 18.6. The van der Waals surface area contributed by atoms with Gasteiger partial charge in [-0.3, -0.25) is 25.0 Å². The number of aromatic nitrogens is 2. The van der Waals surface area contributed by atoms with Crippen LogP contribution in [0.25, 0.3) is 5.69 Å². The number of aryl methyl sites for hydroxylation is 1. The number of benzene rings is 2. The number of hydrogen-bond acceptors (Lipinski definition) is 9. The second kappa shape index (κ2) is 10.4. The lowest BCUT2D eigenvalue weighted by Crippen LogP contribution is -2.25. The molecule has 1 aromatic heterocycles. The molecule has 14 heteroatoms. The van der Waals surface area contributed by atoms with E-state index < -0.39 is 39.5 Å². The van der Waals surface area contributed by atoms with Crippen molar-refractivity contribution in [3.63, 3.8) is 0 Å². The van der Waals surface area contributed by atoms with Crippen LogP contribution in [0.2, 0.25) is 5.15 Å². The van der Waals surface area contributed by atoms with Gasteiger partial charge in [0.1, 0.15) is 5.15 Å². The van der Waals surface area contributed by atoms with Crippen molar-refractivity contribution < 1.29 is 24.1 Å². The summed E-state index contributed by atoms with van der Waals surface area (Å²) in [5.41, 5.74) is 2.70. The number of carbonyl (C=O) groups excluding carboxylic acids is 1. The topological polar surface area (TPSA) is 164 Å². The first-order chi connectivity index (χ1) is 16.2. The van der Waals surface area contributed by atoms with E-state index in [4.69, 9.17) is 21.1 Å². The van der Waals surface area contributed by atoms with E-state index in [1.807, 2.05) is 30.3 Å². The molecule has 3 rings (SSSR count). The number of non-ortho nitro benzene ring substituents is 1. The number of nitrogens with zero attached hydrogens (tertiary/aromatic N) is 5. The number of carbonyl (C=O) groups is 1. The molecule has 0 fully saturated rings. The van der Waals surface area contributed by atoms with Gasteiger partial charge in [0.25, 0.3) is 11.6 Å². The molecule has 0 aliphatic carbocycles. The molecular formula is C20H17ClN6O7. The van der Waals surface area contributed by atoms with E-state index in [1.165, 1.54) is 10.9 Å². The average Bonchev–Trinajstić information content (AvgIpc) is 3.10. The second-order valence-corrected chi connectivity index (χ2v) is 6.99. The van der Waals surface area contributed by atoms with Crippen LogP contribution in [0.5, 0.6) is 11.5 Å². The Hall–Kier alpha value is -4.52. The molecule has 0 aliphatic heterocycles. The number of nitrogens with one attached hydrogen (secondary N) is 1. The van der Waals surface area contributed by atoms with Gasteiger partial charge in [-0.25, -0.2) is 10.1 Å². The summed E-state index contributed by atoms with van der Waals surface area (Å²) in [5, 5.41) is 30.7. The zero-order valence-electron chi connectivity index (χ0n) is 17.8. The Bertz CT molecular complexity index is 1280. The predicted molar refractivity (Wildman–Crippen MR) is 121 cm³/mol. The van der Waals surface area contributed by atoms with Gasteiger partial charge in [0.05, 0.1) is 52.2 Å². The summed E-state index contributed by atoms with van der Waals surface area (Å²) in [4.78, 5) is 32.7. The summed E-state index contributed by atoms with van der Waals surface area (Å²) in [6.45, 7) is 1.04. The Morgan fingerprint density at radius 2 is 1.94 bits per heavy atom. The van der Waals surface area contributed by atoms with Crippen molar-refractivity contribution in [2.75, 3.05) is 13.7 Å². The predicted octanol–water partition coefficient (Wildman–Crippen LogP) is 3.19. The van der Waals surface area contributed by atoms with E-state index in [-0.39, 0.29) is 10.9 Å². The number of halogens is 1. The van der Waals surface area contributed by atoms with E-state index in [0.717, 1.165) is 18.9 Å². The minimum absolute atomic E-state index is 0.270. The van der Waals surface area contributed by atoms with Crippen LogP contribution in [0.3, 0.4) is 0 Å². The molecule has 0 unspecified atom stereocenters. The highest BCUT2D eigenvalue weighted by atomic mass is 35.5. The molecule has 1 N–H and O–H groups in total. The fourth-order valence-electron chi connectivity index (χ4n) is 2.85. The molecule has 0 aliphatic rings. The van der Waals surface area contributed by atoms with E-state index in [9.17, 15) is 25.0 Å². The molecule has 1 amide bonds. The highest BCUT2D eigenvalue weighted by molar-refractivity contribution is 6.32. The maximum Gasteiger partial charge on any atom is 0.321 e. The Kier molecular flexibility index (Phi) is 7.38. The maximum atomic E-state index is 12.1. The van der Waals surface area contributed by atoms with Gasteiger partial charge in [0.15, 0.2) is 12.4 Å². The van der Waals surface area contributed by atoms with Crippen molar-refractivity contribution in [1.82, 2.24) is 15.2 Å². The number of ether oxygens (including phenoxy) is 2. The fraction of sp³-hybridized carbons (Fsp3) is 0.150. The third kappa shape index (κ3) is 5.27. The fourth-order valence-corrected chi connectivity index (χ4v) is 3.17. The number of nitro groups is 2. The van der Waals surface area contributed by atoms with E-state index in [2.05, 4.69) is 15.6 Å². The van der Waals surface area contributed by atoms with Gasteiger partial charge >= 0.3 is 5.69 Å². The SMILES string of the molecule is COc1cc([N+](=O)[O-])cc([N+](=O)[O-])c1OCC(=O)N/N=C/c1c(C)nn(-c2ccccc2)c1Cl. The summed E-state index contributed by atoms with van der Waals surface area (Å²) in [6, 6.07) is 10.8. The number of para-hydroxylation sites is 1. The molecule has 34 heavy (non-hydrogen) atoms. The molecular weight excluding hydrogens is 472 g/mol. The first-order valence-electron chi connectivity index (χ1n) is 9.49. The number of rotatable bonds is 9. The van der Waals surface area contributed by atoms with Gasteiger partial charge in [0, 0.05) is 0 Å². The molecule has 0 saturated heterocycles. The van der Waals surface area contributed by atoms with Crippen LogP contribution >= 0.6 is 11.6 Å². The summed E-state index contributed by atoms with van der Waals surface area (Å²) in [6.07, 6.45) is 1.30. The third-order valence-corrected chi connectivity index (χ3v) is 4.79. The van der Waals surface area contributed by atoms with Crippen LogP contribution in [0, 0.1) is 27.2 Å². The monoisotopic (exact) mass is 488 g/mol. The Morgan fingerprint density at radius 1 is 1.24 bits per heavy atom. The van der Waals surface area contributed by atoms with Crippen LogP contribution in [-0.2, 0) is 4.79 Å². The average molecular weight is 489 g/mol. The van der Waals surface area contributed by atoms with Crippen LogP contribution in [0.15, 0.2) is 47.6 Å². The third-order valence-electron chi connectivity index (χ3n) is 4.43. The Balaban J connectivity index is 1.71. The minimum Gasteiger partial charge on any atom is -0.492 e. The zero-order chi connectivity index (χ0) is 24.8. The van der Waals surface area contributed by atoms with Crippen LogP contribution in [0.1, 0.15) is 11.3 Å². The number of methoxy groups -OCH3 is 1. The summed E-state index contributed by atoms with van der Waals surface area (Å²) in [5.74, 6) is -1.46. The lowest BCUT2D eigenvalue weighted by atomic mass is 10.2. The van der Waals surface area contributed by atoms with Crippen molar-refractivity contribution in [3.05, 3.63) is 79.1 Å². The van der Waals surface area contributed by atoms with E-state index in [1.54, 1.807) is 6.92 Å².